The van der Waals surface area contributed by atoms with Crippen molar-refractivity contribution >= 4 is 23.9 Å². The van der Waals surface area contributed by atoms with Crippen LogP contribution in [0.15, 0.2) is 0 Å². The topological polar surface area (TPSA) is 228 Å². The zero-order chi connectivity index (χ0) is 20.0. The van der Waals surface area contributed by atoms with E-state index in [1.807, 2.05) is 0 Å². The number of nitrogens with one attached hydrogen (secondary N) is 1. The van der Waals surface area contributed by atoms with Crippen LogP contribution in [-0.4, -0.2) is 74.0 Å². The van der Waals surface area contributed by atoms with Gasteiger partial charge in [0.1, 0.15) is 0 Å². The van der Waals surface area contributed by atoms with Gasteiger partial charge in [0.2, 0.25) is 6.41 Å². The van der Waals surface area contributed by atoms with Gasteiger partial charge in [0, 0.05) is 40.8 Å². The molecule has 0 atom stereocenters. The molecule has 0 aromatic rings. The van der Waals surface area contributed by atoms with Gasteiger partial charge < -0.3 is 36.4 Å². The first kappa shape index (κ1) is 32.6. The zero-order valence-electron chi connectivity index (χ0n) is 13.4. The third-order valence-corrected chi connectivity index (χ3v) is 0.471. The van der Waals surface area contributed by atoms with Crippen molar-refractivity contribution in [2.45, 2.75) is 34.1 Å². The average molecular weight is 346 g/mol. The van der Waals surface area contributed by atoms with Crippen LogP contribution in [0.2, 0.25) is 0 Å². The molecule has 0 spiro atoms. The lowest BCUT2D eigenvalue weighted by Gasteiger charge is -2.01. The SMILES string of the molecule is CC(=O)O.CC(=O)O.CC(=O)O.CC(=O)O.NCCNC(O)O. The van der Waals surface area contributed by atoms with E-state index in [0.717, 1.165) is 27.7 Å². The Kier molecular flexibility index (Phi) is 39.6. The molecule has 12 nitrogen and oxygen atoms in total. The second-order valence-corrected chi connectivity index (χ2v) is 3.19. The van der Waals surface area contributed by atoms with E-state index in [-0.39, 0.29) is 0 Å². The smallest absolute Gasteiger partial charge is 0.300 e. The maximum absolute atomic E-state index is 9.00. The molecule has 0 aromatic carbocycles. The minimum atomic E-state index is -1.43. The minimum Gasteiger partial charge on any atom is -0.481 e. The highest BCUT2D eigenvalue weighted by Crippen LogP contribution is 1.59. The molecule has 0 amide bonds. The molecule has 0 aromatic heterocycles. The highest BCUT2D eigenvalue weighted by molar-refractivity contribution is 5.63. The summed E-state index contributed by atoms with van der Waals surface area (Å²) in [7, 11) is 0. The molecule has 0 saturated carbocycles. The summed E-state index contributed by atoms with van der Waals surface area (Å²) in [5, 5.41) is 48.1. The predicted octanol–water partition coefficient (Wildman–Crippen LogP) is -1.83. The Morgan fingerprint density at radius 1 is 0.783 bits per heavy atom. The minimum absolute atomic E-state index is 0.414. The van der Waals surface area contributed by atoms with Crippen molar-refractivity contribution in [2.75, 3.05) is 13.1 Å². The van der Waals surface area contributed by atoms with Gasteiger partial charge >= 0.3 is 0 Å². The largest absolute Gasteiger partial charge is 0.481 e. The monoisotopic (exact) mass is 346 g/mol. The molecule has 0 bridgehead atoms. The molecule has 0 aliphatic carbocycles. The van der Waals surface area contributed by atoms with Gasteiger partial charge in [0.25, 0.3) is 23.9 Å². The van der Waals surface area contributed by atoms with E-state index in [2.05, 4.69) is 5.32 Å². The van der Waals surface area contributed by atoms with Crippen molar-refractivity contribution in [1.29, 1.82) is 0 Å². The van der Waals surface area contributed by atoms with Gasteiger partial charge in [-0.2, -0.15) is 0 Å². The van der Waals surface area contributed by atoms with Crippen LogP contribution in [0.1, 0.15) is 27.7 Å². The molecule has 0 rings (SSSR count). The highest BCUT2D eigenvalue weighted by Gasteiger charge is 1.88. The summed E-state index contributed by atoms with van der Waals surface area (Å²) in [6.45, 7) is 5.18. The summed E-state index contributed by atoms with van der Waals surface area (Å²) >= 11 is 0. The first-order chi connectivity index (χ1) is 10.2. The van der Waals surface area contributed by atoms with Gasteiger partial charge in [-0.25, -0.2) is 0 Å². The van der Waals surface area contributed by atoms with Crippen molar-refractivity contribution in [3.8, 4) is 0 Å². The van der Waals surface area contributed by atoms with Crippen molar-refractivity contribution in [3.05, 3.63) is 0 Å². The molecule has 0 unspecified atom stereocenters. The van der Waals surface area contributed by atoms with Crippen LogP contribution >= 0.6 is 0 Å². The van der Waals surface area contributed by atoms with Crippen LogP contribution in [-0.2, 0) is 19.2 Å². The van der Waals surface area contributed by atoms with E-state index in [9.17, 15) is 0 Å². The molecule has 0 heterocycles. The Balaban J connectivity index is -0.0000000604. The number of aliphatic hydroxyl groups is 2. The fourth-order valence-corrected chi connectivity index (χ4v) is 0.212. The summed E-state index contributed by atoms with van der Waals surface area (Å²) in [4.78, 5) is 36.0. The molecule has 23 heavy (non-hydrogen) atoms. The molecular weight excluding hydrogens is 320 g/mol. The summed E-state index contributed by atoms with van der Waals surface area (Å²) in [6, 6.07) is 0. The lowest BCUT2D eigenvalue weighted by Crippen LogP contribution is -2.32. The van der Waals surface area contributed by atoms with Gasteiger partial charge in [-0.05, 0) is 0 Å². The summed E-state index contributed by atoms with van der Waals surface area (Å²) < 4.78 is 0. The Morgan fingerprint density at radius 3 is 1.00 bits per heavy atom. The summed E-state index contributed by atoms with van der Waals surface area (Å²) in [5.74, 6) is -3.33. The first-order valence-electron chi connectivity index (χ1n) is 5.78. The quantitative estimate of drug-likeness (QED) is 0.264. The van der Waals surface area contributed by atoms with Crippen LogP contribution in [0.5, 0.6) is 0 Å². The highest BCUT2D eigenvalue weighted by atomic mass is 16.5. The number of carboxylic acid groups (broad SMARTS) is 4. The van der Waals surface area contributed by atoms with Gasteiger partial charge in [-0.3, -0.25) is 24.5 Å². The third kappa shape index (κ3) is 2090. The number of carbonyl (C=O) groups is 4. The number of carboxylic acids is 4. The Hall–Kier alpha value is -2.28. The fraction of sp³-hybridized carbons (Fsp3) is 0.636. The van der Waals surface area contributed by atoms with Crippen molar-refractivity contribution in [3.63, 3.8) is 0 Å². The van der Waals surface area contributed by atoms with Crippen LogP contribution < -0.4 is 11.1 Å². The normalized spacial score (nSPS) is 7.48. The van der Waals surface area contributed by atoms with Crippen molar-refractivity contribution < 1.29 is 49.8 Å². The number of nitrogens with two attached hydrogens (primary N) is 1. The van der Waals surface area contributed by atoms with E-state index < -0.39 is 30.3 Å². The van der Waals surface area contributed by atoms with Crippen molar-refractivity contribution in [2.24, 2.45) is 5.73 Å². The fourth-order valence-electron chi connectivity index (χ4n) is 0.212. The Labute approximate surface area is 133 Å². The number of aliphatic carboxylic acids is 4. The molecule has 140 valence electrons. The predicted molar refractivity (Wildman–Crippen MR) is 78.5 cm³/mol. The summed E-state index contributed by atoms with van der Waals surface area (Å²) in [6.07, 6.45) is -1.43. The van der Waals surface area contributed by atoms with Gasteiger partial charge in [-0.15, -0.1) is 0 Å². The molecule has 0 fully saturated rings. The van der Waals surface area contributed by atoms with Gasteiger partial charge in [0.15, 0.2) is 0 Å². The molecule has 0 aliphatic rings. The molecule has 0 aliphatic heterocycles. The van der Waals surface area contributed by atoms with Gasteiger partial charge in [-0.1, -0.05) is 0 Å². The number of aliphatic hydroxyl groups excluding tert-OH is 1. The first-order valence-corrected chi connectivity index (χ1v) is 5.78. The zero-order valence-corrected chi connectivity index (χ0v) is 13.4. The molecule has 0 saturated heterocycles. The van der Waals surface area contributed by atoms with Gasteiger partial charge in [0.05, 0.1) is 0 Å². The maximum atomic E-state index is 9.00. The van der Waals surface area contributed by atoms with Crippen LogP contribution in [0.4, 0.5) is 0 Å². The van der Waals surface area contributed by atoms with E-state index in [0.29, 0.717) is 13.1 Å². The van der Waals surface area contributed by atoms with Crippen LogP contribution in [0.25, 0.3) is 0 Å². The summed E-state index contributed by atoms with van der Waals surface area (Å²) in [5.41, 5.74) is 4.99. The number of rotatable bonds is 3. The molecule has 12 heteroatoms. The second-order valence-electron chi connectivity index (χ2n) is 3.19. The van der Waals surface area contributed by atoms with E-state index >= 15 is 0 Å². The van der Waals surface area contributed by atoms with Crippen LogP contribution in [0, 0.1) is 0 Å². The molecular formula is C11H26N2O10. The third-order valence-electron chi connectivity index (χ3n) is 0.471. The maximum Gasteiger partial charge on any atom is 0.300 e. The van der Waals surface area contributed by atoms with E-state index in [1.54, 1.807) is 0 Å². The lowest BCUT2D eigenvalue weighted by molar-refractivity contribution is -0.135. The average Bonchev–Trinajstić information content (AvgIpc) is 2.22. The van der Waals surface area contributed by atoms with E-state index in [4.69, 9.17) is 55.6 Å². The standard InChI is InChI=1S/C3H10N2O2.4C2H4O2/c4-1-2-5-3(6)7;4*1-2(3)4/h3,5-7H,1-2,4H2;4*1H3,(H,3,4). The number of hydrogen-bond donors (Lipinski definition) is 8. The molecule has 0 radical (unpaired) electrons. The van der Waals surface area contributed by atoms with E-state index in [1.165, 1.54) is 0 Å². The lowest BCUT2D eigenvalue weighted by atomic mass is 10.6. The van der Waals surface area contributed by atoms with Crippen molar-refractivity contribution in [1.82, 2.24) is 5.32 Å². The molecule has 9 N–H and O–H groups in total. The second kappa shape index (κ2) is 28.0. The number of hydrogen-bond acceptors (Lipinski definition) is 8. The Morgan fingerprint density at radius 2 is 0.957 bits per heavy atom. The van der Waals surface area contributed by atoms with Crippen LogP contribution in [0.3, 0.4) is 0 Å². The Bertz CT molecular complexity index is 243.